The molecule has 1 aromatic carbocycles. The number of ether oxygens (including phenoxy) is 1. The van der Waals surface area contributed by atoms with Gasteiger partial charge in [-0.25, -0.2) is 8.42 Å². The van der Waals surface area contributed by atoms with E-state index in [0.717, 1.165) is 38.3 Å². The number of nitrogens with zero attached hydrogens (tertiary/aromatic N) is 4. The number of benzene rings is 1. The Morgan fingerprint density at radius 3 is 2.58 bits per heavy atom. The van der Waals surface area contributed by atoms with Gasteiger partial charge < -0.3 is 9.26 Å². The summed E-state index contributed by atoms with van der Waals surface area (Å²) in [5, 5.41) is 4.04. The predicted molar refractivity (Wildman–Crippen MR) is 119 cm³/mol. The molecule has 1 fully saturated rings. The van der Waals surface area contributed by atoms with E-state index < -0.39 is 9.84 Å². The van der Waals surface area contributed by atoms with Gasteiger partial charge in [-0.2, -0.15) is 4.98 Å². The van der Waals surface area contributed by atoms with E-state index in [4.69, 9.17) is 9.26 Å². The van der Waals surface area contributed by atoms with E-state index in [2.05, 4.69) is 40.8 Å². The van der Waals surface area contributed by atoms with E-state index in [9.17, 15) is 8.42 Å². The minimum absolute atomic E-state index is 0.278. The number of piperidine rings is 1. The minimum atomic E-state index is -3.21. The first-order valence-electron chi connectivity index (χ1n) is 10.8. The topological polar surface area (TPSA) is 88.8 Å². The van der Waals surface area contributed by atoms with Crippen LogP contribution in [0, 0.1) is 6.92 Å². The molecule has 8 nitrogen and oxygen atoms in total. The van der Waals surface area contributed by atoms with Crippen LogP contribution in [0.1, 0.15) is 49.9 Å². The molecule has 0 atom stereocenters. The number of rotatable bonds is 9. The van der Waals surface area contributed by atoms with Crippen LogP contribution < -0.4 is 4.74 Å². The monoisotopic (exact) mass is 450 g/mol. The zero-order chi connectivity index (χ0) is 22.6. The number of aryl methyl sites for hydroxylation is 1. The summed E-state index contributed by atoms with van der Waals surface area (Å²) in [4.78, 5) is 9.54. The number of aromatic nitrogens is 2. The fraction of sp³-hybridized carbons (Fsp3) is 0.636. The van der Waals surface area contributed by atoms with Crippen molar-refractivity contribution >= 4 is 9.84 Å². The summed E-state index contributed by atoms with van der Waals surface area (Å²) in [5.41, 5.74) is 0.711. The van der Waals surface area contributed by atoms with Gasteiger partial charge >= 0.3 is 0 Å². The van der Waals surface area contributed by atoms with Gasteiger partial charge in [0.2, 0.25) is 5.89 Å². The molecule has 0 spiro atoms. The number of hydrogen-bond donors (Lipinski definition) is 0. The van der Waals surface area contributed by atoms with Crippen LogP contribution in [-0.4, -0.2) is 73.9 Å². The van der Waals surface area contributed by atoms with E-state index >= 15 is 0 Å². The lowest BCUT2D eigenvalue weighted by molar-refractivity contribution is 0.104. The molecule has 0 amide bonds. The molecule has 172 valence electrons. The third-order valence-electron chi connectivity index (χ3n) is 5.80. The van der Waals surface area contributed by atoms with Gasteiger partial charge in [-0.3, -0.25) is 9.80 Å². The van der Waals surface area contributed by atoms with Gasteiger partial charge in [-0.05, 0) is 50.6 Å². The van der Waals surface area contributed by atoms with Crippen molar-refractivity contribution in [1.82, 2.24) is 19.9 Å². The lowest BCUT2D eigenvalue weighted by Gasteiger charge is -2.36. The molecule has 0 bridgehead atoms. The maximum atomic E-state index is 11.7. The van der Waals surface area contributed by atoms with Crippen LogP contribution in [0.25, 0.3) is 0 Å². The summed E-state index contributed by atoms with van der Waals surface area (Å²) in [7, 11) is -1.07. The highest BCUT2D eigenvalue weighted by molar-refractivity contribution is 7.90. The maximum absolute atomic E-state index is 11.7. The average molecular weight is 451 g/mol. The van der Waals surface area contributed by atoms with Crippen LogP contribution in [0.4, 0.5) is 0 Å². The SMILES string of the molecule is Cc1cc(OCCN(C)C2CCN(Cc3nc(C(C)C)no3)CC2)ccc1S(C)(=O)=O. The Hall–Kier alpha value is -1.97. The first-order valence-corrected chi connectivity index (χ1v) is 12.7. The summed E-state index contributed by atoms with van der Waals surface area (Å²) in [6, 6.07) is 5.65. The Labute approximate surface area is 185 Å². The van der Waals surface area contributed by atoms with E-state index in [1.165, 1.54) is 6.26 Å². The van der Waals surface area contributed by atoms with Gasteiger partial charge in [0.1, 0.15) is 12.4 Å². The van der Waals surface area contributed by atoms with Crippen molar-refractivity contribution < 1.29 is 17.7 Å². The van der Waals surface area contributed by atoms with Crippen molar-refractivity contribution in [3.8, 4) is 5.75 Å². The second-order valence-electron chi connectivity index (χ2n) is 8.74. The number of sulfone groups is 1. The Morgan fingerprint density at radius 2 is 2.00 bits per heavy atom. The zero-order valence-corrected chi connectivity index (χ0v) is 20.0. The summed E-state index contributed by atoms with van der Waals surface area (Å²) in [5.74, 6) is 2.45. The zero-order valence-electron chi connectivity index (χ0n) is 19.2. The standard InChI is InChI=1S/C22H34N4O4S/c1-16(2)22-23-21(30-24-22)15-26-10-8-18(9-11-26)25(4)12-13-29-19-6-7-20(17(3)14-19)31(5,27)28/h6-7,14,16,18H,8-13,15H2,1-5H3. The van der Waals surface area contributed by atoms with Crippen LogP contribution >= 0.6 is 0 Å². The molecule has 0 unspecified atom stereocenters. The quantitative estimate of drug-likeness (QED) is 0.576. The fourth-order valence-corrected chi connectivity index (χ4v) is 4.85. The summed E-state index contributed by atoms with van der Waals surface area (Å²) in [6.45, 7) is 10.0. The highest BCUT2D eigenvalue weighted by atomic mass is 32.2. The lowest BCUT2D eigenvalue weighted by Crippen LogP contribution is -2.44. The Bertz CT molecular complexity index is 966. The molecule has 0 N–H and O–H groups in total. The highest BCUT2D eigenvalue weighted by Crippen LogP contribution is 2.22. The van der Waals surface area contributed by atoms with Gasteiger partial charge in [-0.1, -0.05) is 19.0 Å². The molecule has 0 radical (unpaired) electrons. The van der Waals surface area contributed by atoms with E-state index in [-0.39, 0.29) is 5.92 Å². The third-order valence-corrected chi connectivity index (χ3v) is 7.06. The van der Waals surface area contributed by atoms with Crippen LogP contribution in [0.15, 0.2) is 27.6 Å². The van der Waals surface area contributed by atoms with E-state index in [1.54, 1.807) is 25.1 Å². The molecular formula is C22H34N4O4S. The molecule has 2 heterocycles. The van der Waals surface area contributed by atoms with Crippen molar-refractivity contribution in [3.05, 3.63) is 35.5 Å². The van der Waals surface area contributed by atoms with Crippen molar-refractivity contribution in [2.24, 2.45) is 0 Å². The van der Waals surface area contributed by atoms with Crippen molar-refractivity contribution in [2.75, 3.05) is 39.5 Å². The van der Waals surface area contributed by atoms with Crippen molar-refractivity contribution in [2.45, 2.75) is 57.0 Å². The molecular weight excluding hydrogens is 416 g/mol. The molecule has 0 saturated carbocycles. The molecule has 3 rings (SSSR count). The fourth-order valence-electron chi connectivity index (χ4n) is 3.89. The Kier molecular flexibility index (Phi) is 7.72. The molecule has 1 aromatic heterocycles. The average Bonchev–Trinajstić information content (AvgIpc) is 3.16. The molecule has 1 aliphatic heterocycles. The third kappa shape index (κ3) is 6.51. The molecule has 31 heavy (non-hydrogen) atoms. The molecule has 1 aliphatic rings. The number of hydrogen-bond acceptors (Lipinski definition) is 8. The van der Waals surface area contributed by atoms with Gasteiger partial charge in [0.15, 0.2) is 15.7 Å². The number of likely N-dealkylation sites (N-methyl/N-ethyl adjacent to an activating group) is 1. The van der Waals surface area contributed by atoms with E-state index in [0.29, 0.717) is 41.3 Å². The van der Waals surface area contributed by atoms with Crippen molar-refractivity contribution in [1.29, 1.82) is 0 Å². The Morgan fingerprint density at radius 1 is 1.29 bits per heavy atom. The van der Waals surface area contributed by atoms with Gasteiger partial charge in [0, 0.05) is 37.8 Å². The number of likely N-dealkylation sites (tertiary alicyclic amines) is 1. The lowest BCUT2D eigenvalue weighted by atomic mass is 10.0. The largest absolute Gasteiger partial charge is 0.492 e. The predicted octanol–water partition coefficient (Wildman–Crippen LogP) is 2.88. The second-order valence-corrected chi connectivity index (χ2v) is 10.7. The van der Waals surface area contributed by atoms with Gasteiger partial charge in [0.25, 0.3) is 0 Å². The first kappa shape index (κ1) is 23.7. The minimum Gasteiger partial charge on any atom is -0.492 e. The highest BCUT2D eigenvalue weighted by Gasteiger charge is 2.24. The maximum Gasteiger partial charge on any atom is 0.240 e. The Balaban J connectivity index is 1.41. The van der Waals surface area contributed by atoms with Crippen LogP contribution in [0.5, 0.6) is 5.75 Å². The smallest absolute Gasteiger partial charge is 0.240 e. The van der Waals surface area contributed by atoms with Gasteiger partial charge in [0.05, 0.1) is 11.4 Å². The summed E-state index contributed by atoms with van der Waals surface area (Å²) in [6.07, 6.45) is 3.40. The normalized spacial score (nSPS) is 16.4. The second kappa shape index (κ2) is 10.1. The van der Waals surface area contributed by atoms with E-state index in [1.807, 2.05) is 0 Å². The molecule has 2 aromatic rings. The van der Waals surface area contributed by atoms with Crippen LogP contribution in [-0.2, 0) is 16.4 Å². The van der Waals surface area contributed by atoms with Gasteiger partial charge in [-0.15, -0.1) is 0 Å². The summed E-state index contributed by atoms with van der Waals surface area (Å²) >= 11 is 0. The van der Waals surface area contributed by atoms with Crippen molar-refractivity contribution in [3.63, 3.8) is 0 Å². The summed E-state index contributed by atoms with van der Waals surface area (Å²) < 4.78 is 34.7. The van der Waals surface area contributed by atoms with Crippen LogP contribution in [0.2, 0.25) is 0 Å². The molecule has 0 aliphatic carbocycles. The molecule has 9 heteroatoms. The van der Waals surface area contributed by atoms with Crippen LogP contribution in [0.3, 0.4) is 0 Å². The molecule has 1 saturated heterocycles. The first-order chi connectivity index (χ1) is 14.6.